The summed E-state index contributed by atoms with van der Waals surface area (Å²) in [4.78, 5) is 29.3. The monoisotopic (exact) mass is 332 g/mol. The summed E-state index contributed by atoms with van der Waals surface area (Å²) in [5.74, 6) is -1.27. The van der Waals surface area contributed by atoms with E-state index in [4.69, 9.17) is 9.84 Å². The van der Waals surface area contributed by atoms with Crippen molar-refractivity contribution < 1.29 is 23.8 Å². The van der Waals surface area contributed by atoms with Gasteiger partial charge in [-0.2, -0.15) is 0 Å². The maximum atomic E-state index is 14.2. The number of pyridine rings is 1. The molecule has 1 aromatic carbocycles. The minimum absolute atomic E-state index is 0.0712. The van der Waals surface area contributed by atoms with Crippen molar-refractivity contribution in [3.8, 4) is 5.75 Å². The van der Waals surface area contributed by atoms with E-state index in [0.29, 0.717) is 22.5 Å². The highest BCUT2D eigenvalue weighted by Gasteiger charge is 2.47. The first-order chi connectivity index (χ1) is 11.3. The number of benzene rings is 1. The number of fused-ring (bicyclic) bond motifs is 1. The fraction of sp³-hybridized carbons (Fsp3) is 0.353. The van der Waals surface area contributed by atoms with Crippen LogP contribution in [-0.2, 0) is 4.79 Å². The number of aliphatic carboxylic acids is 1. The van der Waals surface area contributed by atoms with E-state index in [1.807, 2.05) is 0 Å². The van der Waals surface area contributed by atoms with Crippen LogP contribution in [0.5, 0.6) is 5.75 Å². The van der Waals surface area contributed by atoms with E-state index in [1.54, 1.807) is 38.3 Å². The van der Waals surface area contributed by atoms with Crippen molar-refractivity contribution in [3.05, 3.63) is 35.5 Å². The minimum Gasteiger partial charge on any atom is -0.497 e. The van der Waals surface area contributed by atoms with Gasteiger partial charge in [0, 0.05) is 24.4 Å². The molecule has 7 heteroatoms. The lowest BCUT2D eigenvalue weighted by Gasteiger charge is -2.19. The Balaban J connectivity index is 1.93. The van der Waals surface area contributed by atoms with E-state index < -0.39 is 24.1 Å². The lowest BCUT2D eigenvalue weighted by atomic mass is 10.1. The number of halogens is 1. The van der Waals surface area contributed by atoms with Gasteiger partial charge in [0.2, 0.25) is 5.67 Å². The molecule has 1 amide bonds. The second-order valence-corrected chi connectivity index (χ2v) is 5.93. The van der Waals surface area contributed by atoms with Crippen LogP contribution in [-0.4, -0.2) is 52.7 Å². The van der Waals surface area contributed by atoms with E-state index in [-0.39, 0.29) is 13.0 Å². The highest BCUT2D eigenvalue weighted by Crippen LogP contribution is 2.28. The Hall–Kier alpha value is -2.70. The number of carbonyl (C=O) groups is 2. The maximum absolute atomic E-state index is 14.2. The average molecular weight is 332 g/mol. The number of carboxylic acid groups (broad SMARTS) is 1. The number of carboxylic acids is 1. The van der Waals surface area contributed by atoms with Gasteiger partial charge >= 0.3 is 5.97 Å². The smallest absolute Gasteiger partial charge is 0.343 e. The molecule has 1 aliphatic heterocycles. The van der Waals surface area contributed by atoms with Gasteiger partial charge in [0.15, 0.2) is 0 Å². The first kappa shape index (κ1) is 16.2. The number of amides is 1. The lowest BCUT2D eigenvalue weighted by Crippen LogP contribution is -2.39. The van der Waals surface area contributed by atoms with E-state index in [1.165, 1.54) is 4.90 Å². The number of aryl methyl sites for hydroxylation is 1. The summed E-state index contributed by atoms with van der Waals surface area (Å²) in [7, 11) is 1.56. The van der Waals surface area contributed by atoms with Gasteiger partial charge in [0.25, 0.3) is 5.91 Å². The molecule has 6 nitrogen and oxygen atoms in total. The molecular weight excluding hydrogens is 315 g/mol. The van der Waals surface area contributed by atoms with Gasteiger partial charge in [-0.25, -0.2) is 9.18 Å². The Morgan fingerprint density at radius 3 is 2.75 bits per heavy atom. The number of likely N-dealkylation sites (tertiary alicyclic amines) is 1. The third-order valence-electron chi connectivity index (χ3n) is 4.34. The normalized spacial score (nSPS) is 20.4. The molecule has 1 N–H and O–H groups in total. The Morgan fingerprint density at radius 2 is 2.12 bits per heavy atom. The molecule has 3 rings (SSSR count). The Morgan fingerprint density at radius 1 is 1.38 bits per heavy atom. The number of hydrogen-bond acceptors (Lipinski definition) is 4. The Bertz CT molecular complexity index is 839. The van der Waals surface area contributed by atoms with Crippen molar-refractivity contribution in [2.45, 2.75) is 19.0 Å². The second-order valence-electron chi connectivity index (χ2n) is 5.93. The molecule has 1 aromatic heterocycles. The molecule has 1 atom stereocenters. The largest absolute Gasteiger partial charge is 0.497 e. The lowest BCUT2D eigenvalue weighted by molar-refractivity contribution is -0.149. The summed E-state index contributed by atoms with van der Waals surface area (Å²) < 4.78 is 19.3. The molecule has 0 radical (unpaired) electrons. The highest BCUT2D eigenvalue weighted by molar-refractivity contribution is 5.99. The summed E-state index contributed by atoms with van der Waals surface area (Å²) in [5.41, 5.74) is -0.828. The van der Waals surface area contributed by atoms with Crippen molar-refractivity contribution in [1.82, 2.24) is 9.88 Å². The number of methoxy groups -OCH3 is 1. The molecule has 0 saturated carbocycles. The number of ether oxygens (including phenoxy) is 1. The zero-order chi connectivity index (χ0) is 17.5. The molecule has 0 spiro atoms. The van der Waals surface area contributed by atoms with Gasteiger partial charge in [-0.15, -0.1) is 0 Å². The molecule has 126 valence electrons. The summed E-state index contributed by atoms with van der Waals surface area (Å²) >= 11 is 0. The predicted molar refractivity (Wildman–Crippen MR) is 85.0 cm³/mol. The quantitative estimate of drug-likeness (QED) is 0.932. The van der Waals surface area contributed by atoms with Crippen LogP contribution in [0.2, 0.25) is 0 Å². The minimum atomic E-state index is -2.37. The number of carbonyl (C=O) groups excluding carboxylic acids is 1. The molecule has 0 aliphatic carbocycles. The molecule has 1 unspecified atom stereocenters. The maximum Gasteiger partial charge on any atom is 0.343 e. The second kappa shape index (κ2) is 5.74. The zero-order valence-electron chi connectivity index (χ0n) is 13.4. The van der Waals surface area contributed by atoms with E-state index in [9.17, 15) is 14.0 Å². The van der Waals surface area contributed by atoms with Gasteiger partial charge in [-0.1, -0.05) is 0 Å². The predicted octanol–water partition coefficient (Wildman–Crippen LogP) is 2.19. The van der Waals surface area contributed by atoms with Crippen molar-refractivity contribution in [2.24, 2.45) is 0 Å². The van der Waals surface area contributed by atoms with Crippen LogP contribution >= 0.6 is 0 Å². The van der Waals surface area contributed by atoms with E-state index in [0.717, 1.165) is 5.39 Å². The summed E-state index contributed by atoms with van der Waals surface area (Å²) in [6.07, 6.45) is -0.203. The third kappa shape index (κ3) is 2.66. The fourth-order valence-electron chi connectivity index (χ4n) is 2.88. The molecule has 0 bridgehead atoms. The summed E-state index contributed by atoms with van der Waals surface area (Å²) in [6, 6.07) is 7.01. The fourth-order valence-corrected chi connectivity index (χ4v) is 2.88. The van der Waals surface area contributed by atoms with E-state index >= 15 is 0 Å². The van der Waals surface area contributed by atoms with Gasteiger partial charge in [0.1, 0.15) is 5.75 Å². The number of nitrogens with zero attached hydrogens (tertiary/aromatic N) is 2. The van der Waals surface area contributed by atoms with Crippen molar-refractivity contribution >= 4 is 22.8 Å². The number of aromatic nitrogens is 1. The average Bonchev–Trinajstić information content (AvgIpc) is 2.97. The number of alkyl halides is 1. The van der Waals surface area contributed by atoms with E-state index in [2.05, 4.69) is 4.98 Å². The van der Waals surface area contributed by atoms with Crippen molar-refractivity contribution in [1.29, 1.82) is 0 Å². The van der Waals surface area contributed by atoms with Crippen molar-refractivity contribution in [3.63, 3.8) is 0 Å². The first-order valence-electron chi connectivity index (χ1n) is 7.51. The van der Waals surface area contributed by atoms with Crippen LogP contribution in [0.15, 0.2) is 24.3 Å². The molecule has 2 heterocycles. The van der Waals surface area contributed by atoms with Crippen molar-refractivity contribution in [2.75, 3.05) is 20.2 Å². The van der Waals surface area contributed by atoms with Crippen LogP contribution < -0.4 is 4.74 Å². The van der Waals surface area contributed by atoms with Crippen LogP contribution in [0, 0.1) is 6.92 Å². The molecule has 2 aromatic rings. The molecule has 24 heavy (non-hydrogen) atoms. The van der Waals surface area contributed by atoms with Gasteiger partial charge in [0.05, 0.1) is 30.4 Å². The molecule has 1 saturated heterocycles. The molecule has 1 aliphatic rings. The summed E-state index contributed by atoms with van der Waals surface area (Å²) in [5, 5.41) is 9.71. The summed E-state index contributed by atoms with van der Waals surface area (Å²) in [6.45, 7) is 1.32. The first-order valence-corrected chi connectivity index (χ1v) is 7.51. The van der Waals surface area contributed by atoms with Gasteiger partial charge < -0.3 is 14.7 Å². The number of rotatable bonds is 3. The van der Waals surface area contributed by atoms with Crippen LogP contribution in [0.25, 0.3) is 10.9 Å². The topological polar surface area (TPSA) is 79.7 Å². The molecular formula is C17H17FN2O4. The third-order valence-corrected chi connectivity index (χ3v) is 4.34. The Kier molecular flexibility index (Phi) is 3.87. The van der Waals surface area contributed by atoms with Gasteiger partial charge in [-0.05, 0) is 25.1 Å². The van der Waals surface area contributed by atoms with Gasteiger partial charge in [-0.3, -0.25) is 9.78 Å². The number of hydrogen-bond donors (Lipinski definition) is 1. The van der Waals surface area contributed by atoms with Crippen LogP contribution in [0.3, 0.4) is 0 Å². The SMILES string of the molecule is COc1ccc2cc(C(=O)N3CCC(F)(C(=O)O)C3)c(C)nc2c1. The highest BCUT2D eigenvalue weighted by atomic mass is 19.1. The standard InChI is InChI=1S/C17H17FN2O4/c1-10-13(7-11-3-4-12(24-2)8-14(11)19-10)15(21)20-6-5-17(18,9-20)16(22)23/h3-4,7-8H,5-6,9H2,1-2H3,(H,22,23). The molecule has 1 fully saturated rings. The van der Waals surface area contributed by atoms with Crippen LogP contribution in [0.1, 0.15) is 22.5 Å². The zero-order valence-corrected chi connectivity index (χ0v) is 13.4. The van der Waals surface area contributed by atoms with Crippen LogP contribution in [0.4, 0.5) is 4.39 Å². The Labute approximate surface area is 137 Å².